The molecule has 0 aromatic heterocycles. The lowest BCUT2D eigenvalue weighted by Gasteiger charge is -2.15. The third kappa shape index (κ3) is 4.37. The lowest BCUT2D eigenvalue weighted by molar-refractivity contribution is -0.167. The van der Waals surface area contributed by atoms with Crippen molar-refractivity contribution >= 4 is 17.4 Å². The molecule has 0 fully saturated rings. The van der Waals surface area contributed by atoms with Gasteiger partial charge in [0.2, 0.25) is 6.29 Å². The van der Waals surface area contributed by atoms with E-state index in [4.69, 9.17) is 21.1 Å². The van der Waals surface area contributed by atoms with Gasteiger partial charge in [0, 0.05) is 24.7 Å². The van der Waals surface area contributed by atoms with E-state index < -0.39 is 12.1 Å². The molecule has 0 aliphatic rings. The number of hydrogen-bond acceptors (Lipinski definition) is 3. The molecule has 0 heterocycles. The minimum Gasteiger partial charge on any atom is -0.346 e. The van der Waals surface area contributed by atoms with Crippen LogP contribution in [0.2, 0.25) is 5.02 Å². The monoisotopic (exact) mass is 274 g/mol. The van der Waals surface area contributed by atoms with Crippen LogP contribution in [0.1, 0.15) is 19.4 Å². The van der Waals surface area contributed by atoms with Crippen molar-refractivity contribution in [1.29, 1.82) is 0 Å². The minimum atomic E-state index is -0.888. The molecule has 0 saturated heterocycles. The second-order valence-corrected chi connectivity index (χ2v) is 4.03. The summed E-state index contributed by atoms with van der Waals surface area (Å²) < 4.78 is 23.2. The molecule has 0 saturated carbocycles. The summed E-state index contributed by atoms with van der Waals surface area (Å²) in [6, 6.07) is 3.94. The van der Waals surface area contributed by atoms with Gasteiger partial charge in [-0.15, -0.1) is 0 Å². The van der Waals surface area contributed by atoms with Crippen LogP contribution in [0.4, 0.5) is 4.39 Å². The van der Waals surface area contributed by atoms with Gasteiger partial charge in [-0.05, 0) is 31.5 Å². The number of ketones is 1. The highest BCUT2D eigenvalue weighted by atomic mass is 35.5. The van der Waals surface area contributed by atoms with Crippen LogP contribution < -0.4 is 0 Å². The molecule has 5 heteroatoms. The highest BCUT2D eigenvalue weighted by Gasteiger charge is 2.20. The van der Waals surface area contributed by atoms with Crippen molar-refractivity contribution in [3.8, 4) is 0 Å². The molecule has 0 spiro atoms. The second-order valence-electron chi connectivity index (χ2n) is 3.62. The Bertz CT molecular complexity index is 403. The molecule has 1 aromatic rings. The molecule has 0 bridgehead atoms. The largest absolute Gasteiger partial charge is 0.346 e. The third-order valence-electron chi connectivity index (χ3n) is 2.28. The van der Waals surface area contributed by atoms with E-state index >= 15 is 0 Å². The average molecular weight is 275 g/mol. The van der Waals surface area contributed by atoms with Gasteiger partial charge < -0.3 is 9.47 Å². The van der Waals surface area contributed by atoms with Gasteiger partial charge in [-0.3, -0.25) is 4.79 Å². The van der Waals surface area contributed by atoms with Crippen LogP contribution in [0.5, 0.6) is 0 Å². The van der Waals surface area contributed by atoms with Crippen molar-refractivity contribution in [2.24, 2.45) is 0 Å². The fraction of sp³-hybridized carbons (Fsp3) is 0.462. The van der Waals surface area contributed by atoms with E-state index in [2.05, 4.69) is 0 Å². The summed E-state index contributed by atoms with van der Waals surface area (Å²) in [5.74, 6) is -0.658. The summed E-state index contributed by atoms with van der Waals surface area (Å²) in [4.78, 5) is 11.9. The van der Waals surface area contributed by atoms with E-state index in [1.54, 1.807) is 13.8 Å². The van der Waals surface area contributed by atoms with Crippen LogP contribution >= 0.6 is 11.6 Å². The van der Waals surface area contributed by atoms with Gasteiger partial charge in [0.1, 0.15) is 5.82 Å². The normalized spacial score (nSPS) is 10.9. The molecule has 0 amide bonds. The topological polar surface area (TPSA) is 35.5 Å². The number of halogens is 2. The van der Waals surface area contributed by atoms with E-state index in [9.17, 15) is 9.18 Å². The van der Waals surface area contributed by atoms with Crippen molar-refractivity contribution in [2.75, 3.05) is 13.2 Å². The second kappa shape index (κ2) is 7.46. The molecule has 0 aliphatic heterocycles. The highest BCUT2D eigenvalue weighted by molar-refractivity contribution is 6.31. The third-order valence-corrected chi connectivity index (χ3v) is 2.63. The van der Waals surface area contributed by atoms with Crippen LogP contribution in [-0.2, 0) is 20.7 Å². The van der Waals surface area contributed by atoms with E-state index in [0.29, 0.717) is 18.8 Å². The van der Waals surface area contributed by atoms with Gasteiger partial charge in [0.25, 0.3) is 0 Å². The molecule has 18 heavy (non-hydrogen) atoms. The summed E-state index contributed by atoms with van der Waals surface area (Å²) in [5.41, 5.74) is 0.562. The fourth-order valence-corrected chi connectivity index (χ4v) is 1.71. The number of hydrogen-bond donors (Lipinski definition) is 0. The van der Waals surface area contributed by atoms with Gasteiger partial charge in [-0.2, -0.15) is 0 Å². The first-order chi connectivity index (χ1) is 8.58. The molecule has 0 radical (unpaired) electrons. The van der Waals surface area contributed by atoms with Crippen LogP contribution in [0.3, 0.4) is 0 Å². The maximum absolute atomic E-state index is 12.9. The predicted molar refractivity (Wildman–Crippen MR) is 67.2 cm³/mol. The van der Waals surface area contributed by atoms with Crippen LogP contribution in [-0.4, -0.2) is 25.3 Å². The SMILES string of the molecule is CCOC(OCC)C(=O)Cc1ccc(F)cc1Cl. The van der Waals surface area contributed by atoms with Crippen molar-refractivity contribution in [3.63, 3.8) is 0 Å². The zero-order chi connectivity index (χ0) is 13.5. The summed E-state index contributed by atoms with van der Waals surface area (Å²) in [6.45, 7) is 4.33. The zero-order valence-electron chi connectivity index (χ0n) is 10.4. The number of carbonyl (C=O) groups excluding carboxylic acids is 1. The number of rotatable bonds is 7. The number of ether oxygens (including phenoxy) is 2. The highest BCUT2D eigenvalue weighted by Crippen LogP contribution is 2.18. The lowest BCUT2D eigenvalue weighted by Crippen LogP contribution is -2.29. The van der Waals surface area contributed by atoms with Gasteiger partial charge >= 0.3 is 0 Å². The van der Waals surface area contributed by atoms with Crippen molar-refractivity contribution in [2.45, 2.75) is 26.6 Å². The summed E-state index contributed by atoms with van der Waals surface area (Å²) in [7, 11) is 0. The maximum atomic E-state index is 12.9. The molecule has 3 nitrogen and oxygen atoms in total. The molecule has 100 valence electrons. The first kappa shape index (κ1) is 15.1. The standard InChI is InChI=1S/C13H16ClFO3/c1-3-17-13(18-4-2)12(16)7-9-5-6-10(15)8-11(9)14/h5-6,8,13H,3-4,7H2,1-2H3. The predicted octanol–water partition coefficient (Wildman–Crippen LogP) is 2.99. The first-order valence-corrected chi connectivity index (χ1v) is 6.16. The maximum Gasteiger partial charge on any atom is 0.218 e. The zero-order valence-corrected chi connectivity index (χ0v) is 11.2. The van der Waals surface area contributed by atoms with Crippen LogP contribution in [0, 0.1) is 5.82 Å². The van der Waals surface area contributed by atoms with Gasteiger partial charge in [-0.1, -0.05) is 17.7 Å². The Morgan fingerprint density at radius 3 is 2.44 bits per heavy atom. The molecular formula is C13H16ClFO3. The lowest BCUT2D eigenvalue weighted by atomic mass is 10.1. The summed E-state index contributed by atoms with van der Waals surface area (Å²) in [5, 5.41) is 0.232. The first-order valence-electron chi connectivity index (χ1n) is 5.78. The number of carbonyl (C=O) groups is 1. The Labute approximate surface area is 111 Å². The number of Topliss-reactive ketones (excluding diaryl/α,β-unsaturated/α-hetero) is 1. The Morgan fingerprint density at radius 1 is 1.33 bits per heavy atom. The van der Waals surface area contributed by atoms with Crippen molar-refractivity contribution in [1.82, 2.24) is 0 Å². The van der Waals surface area contributed by atoms with Crippen LogP contribution in [0.25, 0.3) is 0 Å². The van der Waals surface area contributed by atoms with Gasteiger partial charge in [0.05, 0.1) is 0 Å². The Balaban J connectivity index is 2.72. The van der Waals surface area contributed by atoms with E-state index in [1.165, 1.54) is 18.2 Å². The molecule has 1 rings (SSSR count). The van der Waals surface area contributed by atoms with E-state index in [-0.39, 0.29) is 17.2 Å². The molecule has 0 atom stereocenters. The quantitative estimate of drug-likeness (QED) is 0.717. The summed E-state index contributed by atoms with van der Waals surface area (Å²) >= 11 is 5.86. The molecular weight excluding hydrogens is 259 g/mol. The number of benzene rings is 1. The minimum absolute atomic E-state index is 0.0593. The average Bonchev–Trinajstić information content (AvgIpc) is 2.32. The fourth-order valence-electron chi connectivity index (χ4n) is 1.47. The van der Waals surface area contributed by atoms with Gasteiger partial charge in [-0.25, -0.2) is 4.39 Å². The molecule has 0 N–H and O–H groups in total. The molecule has 0 unspecified atom stereocenters. The molecule has 0 aliphatic carbocycles. The van der Waals surface area contributed by atoms with Crippen LogP contribution in [0.15, 0.2) is 18.2 Å². The smallest absolute Gasteiger partial charge is 0.218 e. The van der Waals surface area contributed by atoms with Gasteiger partial charge in [0.15, 0.2) is 5.78 Å². The Hall–Kier alpha value is -0.970. The van der Waals surface area contributed by atoms with E-state index in [1.807, 2.05) is 0 Å². The summed E-state index contributed by atoms with van der Waals surface area (Å²) in [6.07, 6.45) is -0.829. The molecule has 1 aromatic carbocycles. The van der Waals surface area contributed by atoms with Crippen molar-refractivity contribution in [3.05, 3.63) is 34.6 Å². The Kier molecular flexibility index (Phi) is 6.25. The van der Waals surface area contributed by atoms with E-state index in [0.717, 1.165) is 0 Å². The Morgan fingerprint density at radius 2 is 1.94 bits per heavy atom. The van der Waals surface area contributed by atoms with Crippen molar-refractivity contribution < 1.29 is 18.7 Å².